The van der Waals surface area contributed by atoms with Crippen molar-refractivity contribution in [2.45, 2.75) is 77.5 Å². The first-order valence-electron chi connectivity index (χ1n) is 18.5. The highest BCUT2D eigenvalue weighted by Gasteiger charge is 2.39. The molecule has 14 nitrogen and oxygen atoms in total. The minimum atomic E-state index is -0.715. The number of rotatable bonds is 11. The molecule has 14 heteroatoms. The van der Waals surface area contributed by atoms with Gasteiger partial charge in [-0.25, -0.2) is 19.6 Å². The first kappa shape index (κ1) is 38.1. The lowest BCUT2D eigenvalue weighted by atomic mass is 10.0. The number of hydrogen-bond donors (Lipinski definition) is 3. The van der Waals surface area contributed by atoms with Gasteiger partial charge in [-0.1, -0.05) is 76.2 Å². The Bertz CT molecular complexity index is 1800. The number of nitrogens with zero attached hydrogens (tertiary/aromatic N) is 4. The fraction of sp³-hybridized carbons (Fsp3) is 0.450. The molecule has 4 heterocycles. The van der Waals surface area contributed by atoms with Gasteiger partial charge >= 0.3 is 12.2 Å². The molecule has 54 heavy (non-hydrogen) atoms. The van der Waals surface area contributed by atoms with Gasteiger partial charge in [0.1, 0.15) is 23.9 Å². The molecular weight excluding hydrogens is 690 g/mol. The minimum absolute atomic E-state index is 0.107. The summed E-state index contributed by atoms with van der Waals surface area (Å²) in [6, 6.07) is 14.3. The van der Waals surface area contributed by atoms with Crippen molar-refractivity contribution in [3.05, 3.63) is 72.6 Å². The zero-order valence-corrected chi connectivity index (χ0v) is 31.6. The zero-order chi connectivity index (χ0) is 38.5. The molecule has 4 atom stereocenters. The summed E-state index contributed by atoms with van der Waals surface area (Å²) in [4.78, 5) is 67.0. The highest BCUT2D eigenvalue weighted by Crippen LogP contribution is 2.36. The van der Waals surface area contributed by atoms with Crippen LogP contribution in [0, 0.1) is 11.8 Å². The number of aromatic amines is 1. The molecule has 2 saturated heterocycles. The average Bonchev–Trinajstić information content (AvgIpc) is 4.02. The van der Waals surface area contributed by atoms with Crippen LogP contribution in [-0.2, 0) is 19.1 Å². The molecule has 2 fully saturated rings. The first-order valence-corrected chi connectivity index (χ1v) is 18.5. The molecule has 0 radical (unpaired) electrons. The molecular formula is C40H49N7O7. The maximum Gasteiger partial charge on any atom is 0.407 e. The number of aromatic nitrogens is 3. The van der Waals surface area contributed by atoms with Gasteiger partial charge in [0.05, 0.1) is 38.3 Å². The third-order valence-electron chi connectivity index (χ3n) is 10.3. The molecule has 4 amide bonds. The zero-order valence-electron chi connectivity index (χ0n) is 31.6. The molecule has 2 aromatic carbocycles. The number of oxazole rings is 1. The Morgan fingerprint density at radius 3 is 1.70 bits per heavy atom. The lowest BCUT2D eigenvalue weighted by molar-refractivity contribution is -0.136. The van der Waals surface area contributed by atoms with Crippen molar-refractivity contribution in [3.63, 3.8) is 0 Å². The van der Waals surface area contributed by atoms with Crippen LogP contribution >= 0.6 is 0 Å². The van der Waals surface area contributed by atoms with Crippen molar-refractivity contribution >= 4 is 24.0 Å². The molecule has 3 N–H and O–H groups in total. The van der Waals surface area contributed by atoms with Gasteiger partial charge in [0.2, 0.25) is 17.7 Å². The van der Waals surface area contributed by atoms with E-state index in [2.05, 4.69) is 37.7 Å². The predicted molar refractivity (Wildman–Crippen MR) is 201 cm³/mol. The first-order chi connectivity index (χ1) is 26.0. The second-order valence-corrected chi connectivity index (χ2v) is 14.5. The Morgan fingerprint density at radius 2 is 1.19 bits per heavy atom. The second kappa shape index (κ2) is 16.6. The Morgan fingerprint density at radius 1 is 0.704 bits per heavy atom. The van der Waals surface area contributed by atoms with Gasteiger partial charge < -0.3 is 39.3 Å². The summed E-state index contributed by atoms with van der Waals surface area (Å²) in [5, 5.41) is 5.36. The summed E-state index contributed by atoms with van der Waals surface area (Å²) in [5.41, 5.74) is 4.74. The number of hydrogen-bond acceptors (Lipinski definition) is 9. The number of imidazole rings is 1. The van der Waals surface area contributed by atoms with E-state index in [1.807, 2.05) is 64.1 Å². The lowest BCUT2D eigenvalue weighted by Crippen LogP contribution is -2.51. The van der Waals surface area contributed by atoms with E-state index in [4.69, 9.17) is 13.9 Å². The van der Waals surface area contributed by atoms with E-state index in [0.717, 1.165) is 53.6 Å². The maximum absolute atomic E-state index is 13.5. The summed E-state index contributed by atoms with van der Waals surface area (Å²) in [7, 11) is 2.56. The van der Waals surface area contributed by atoms with E-state index < -0.39 is 24.3 Å². The predicted octanol–water partition coefficient (Wildman–Crippen LogP) is 6.49. The van der Waals surface area contributed by atoms with Crippen molar-refractivity contribution < 1.29 is 33.1 Å². The number of ether oxygens (including phenoxy) is 2. The second-order valence-electron chi connectivity index (χ2n) is 14.5. The van der Waals surface area contributed by atoms with Crippen molar-refractivity contribution in [1.29, 1.82) is 0 Å². The standard InChI is InChI=1S/C40H49N7O7/c1-23(2)33(44-39(50)52-5)37(48)46-19-7-9-30(46)35-41-21-29(43-35)27-15-11-25(12-16-27)26-13-17-28(18-14-26)32-22-42-36(54-32)31-10-8-20-47(31)38(49)34(24(3)4)45-40(51)53-6/h11-18,21-24,30-31,33-34H,7-10,19-20H2,1-6H3,(H,41,43)(H,44,50)(H,45,51)/t30-,31-,33-,34-/m0/s1. The van der Waals surface area contributed by atoms with Crippen LogP contribution in [0.25, 0.3) is 33.7 Å². The number of alkyl carbamates (subject to hydrolysis) is 2. The van der Waals surface area contributed by atoms with E-state index >= 15 is 0 Å². The number of nitrogens with one attached hydrogen (secondary N) is 3. The van der Waals surface area contributed by atoms with Gasteiger partial charge in [0.15, 0.2) is 5.76 Å². The summed E-state index contributed by atoms with van der Waals surface area (Å²) in [6.45, 7) is 8.70. The number of amides is 4. The van der Waals surface area contributed by atoms with Crippen LogP contribution in [0.15, 0.2) is 65.3 Å². The van der Waals surface area contributed by atoms with Crippen LogP contribution in [0.3, 0.4) is 0 Å². The smallest absolute Gasteiger partial charge is 0.407 e. The molecule has 2 aliphatic heterocycles. The monoisotopic (exact) mass is 739 g/mol. The number of carbonyl (C=O) groups is 4. The van der Waals surface area contributed by atoms with Crippen LogP contribution in [0.5, 0.6) is 0 Å². The molecule has 0 spiro atoms. The molecule has 0 bridgehead atoms. The quantitative estimate of drug-likeness (QED) is 0.156. The fourth-order valence-electron chi connectivity index (χ4n) is 7.26. The number of methoxy groups -OCH3 is 2. The van der Waals surface area contributed by atoms with Crippen molar-refractivity contribution in [2.75, 3.05) is 27.3 Å². The number of likely N-dealkylation sites (tertiary alicyclic amines) is 2. The molecule has 2 aromatic heterocycles. The summed E-state index contributed by atoms with van der Waals surface area (Å²) < 4.78 is 15.7. The molecule has 0 unspecified atom stereocenters. The van der Waals surface area contributed by atoms with Gasteiger partial charge in [-0.05, 0) is 54.2 Å². The largest absolute Gasteiger partial charge is 0.453 e. The number of H-pyrrole nitrogens is 1. The van der Waals surface area contributed by atoms with Crippen LogP contribution in [-0.4, -0.2) is 88.1 Å². The SMILES string of the molecule is COC(=O)N[C@H](C(=O)N1CCC[C@H]1c1ncc(-c2ccc(-c3ccc(-c4cnc([C@@H]5CCCN5C(=O)[C@@H](NC(=O)OC)C(C)C)o4)cc3)cc2)[nH]1)C(C)C. The van der Waals surface area contributed by atoms with E-state index in [-0.39, 0.29) is 35.7 Å². The van der Waals surface area contributed by atoms with Crippen LogP contribution < -0.4 is 10.6 Å². The molecule has 0 aliphatic carbocycles. The van der Waals surface area contributed by atoms with Gasteiger partial charge in [-0.2, -0.15) is 0 Å². The Hall–Kier alpha value is -5.66. The minimum Gasteiger partial charge on any atom is -0.453 e. The Kier molecular flexibility index (Phi) is 11.7. The normalized spacial score (nSPS) is 18.1. The van der Waals surface area contributed by atoms with E-state index in [1.165, 1.54) is 14.2 Å². The maximum atomic E-state index is 13.5. The van der Waals surface area contributed by atoms with Gasteiger partial charge in [-0.3, -0.25) is 9.59 Å². The number of carbonyl (C=O) groups excluding carboxylic acids is 4. The topological polar surface area (TPSA) is 172 Å². The number of benzene rings is 2. The molecule has 2 aliphatic rings. The summed E-state index contributed by atoms with van der Waals surface area (Å²) >= 11 is 0. The van der Waals surface area contributed by atoms with E-state index in [1.54, 1.807) is 22.2 Å². The Labute approximate surface area is 315 Å². The fourth-order valence-corrected chi connectivity index (χ4v) is 7.26. The van der Waals surface area contributed by atoms with Crippen LogP contribution in [0.1, 0.15) is 77.2 Å². The third kappa shape index (κ3) is 8.12. The van der Waals surface area contributed by atoms with E-state index in [9.17, 15) is 19.2 Å². The summed E-state index contributed by atoms with van der Waals surface area (Å²) in [5.74, 6) is 1.24. The molecule has 6 rings (SSSR count). The third-order valence-corrected chi connectivity index (χ3v) is 10.3. The highest BCUT2D eigenvalue weighted by atomic mass is 16.5. The molecule has 4 aromatic rings. The molecule has 286 valence electrons. The molecule has 0 saturated carbocycles. The van der Waals surface area contributed by atoms with Crippen molar-refractivity contribution in [1.82, 2.24) is 35.4 Å². The summed E-state index contributed by atoms with van der Waals surface area (Å²) in [6.07, 6.45) is 5.36. The highest BCUT2D eigenvalue weighted by molar-refractivity contribution is 5.87. The van der Waals surface area contributed by atoms with Crippen molar-refractivity contribution in [3.8, 4) is 33.7 Å². The van der Waals surface area contributed by atoms with Gasteiger partial charge in [0, 0.05) is 18.7 Å². The van der Waals surface area contributed by atoms with Gasteiger partial charge in [-0.15, -0.1) is 0 Å². The Balaban J connectivity index is 1.11. The van der Waals surface area contributed by atoms with Crippen LogP contribution in [0.4, 0.5) is 9.59 Å². The lowest BCUT2D eigenvalue weighted by Gasteiger charge is -2.30. The van der Waals surface area contributed by atoms with Gasteiger partial charge in [0.25, 0.3) is 0 Å². The van der Waals surface area contributed by atoms with Crippen molar-refractivity contribution in [2.24, 2.45) is 11.8 Å². The van der Waals surface area contributed by atoms with E-state index in [0.29, 0.717) is 30.6 Å². The average molecular weight is 740 g/mol. The van der Waals surface area contributed by atoms with Crippen LogP contribution in [0.2, 0.25) is 0 Å².